The van der Waals surface area contributed by atoms with Crippen LogP contribution in [-0.2, 0) is 33.3 Å². The third kappa shape index (κ3) is 55.0. The Bertz CT molecular complexity index is 1650. The molecule has 0 saturated heterocycles. The fraction of sp³-hybridized carbons (Fsp3) is 0.609. The second-order valence-electron chi connectivity index (χ2n) is 19.5. The molecule has 2 unspecified atom stereocenters. The van der Waals surface area contributed by atoms with Crippen molar-refractivity contribution in [2.24, 2.45) is 0 Å². The predicted molar refractivity (Wildman–Crippen MR) is 306 cm³/mol. The number of carbonyl (C=O) groups excluding carboxylic acids is 3. The number of aliphatic carboxylic acids is 1. The van der Waals surface area contributed by atoms with Gasteiger partial charge in [-0.3, -0.25) is 9.59 Å². The molecule has 0 radical (unpaired) electrons. The van der Waals surface area contributed by atoms with Crippen LogP contribution in [0.4, 0.5) is 0 Å². The molecule has 2 atom stereocenters. The smallest absolute Gasteiger partial charge is 0.306 e. The number of carboxylic acid groups (broad SMARTS) is 1. The zero-order valence-corrected chi connectivity index (χ0v) is 46.7. The van der Waals surface area contributed by atoms with E-state index in [1.165, 1.54) is 44.9 Å². The first-order chi connectivity index (χ1) is 35.6. The third-order valence-corrected chi connectivity index (χ3v) is 11.4. The summed E-state index contributed by atoms with van der Waals surface area (Å²) in [6.45, 7) is 4.54. The first-order valence-corrected chi connectivity index (χ1v) is 28.3. The van der Waals surface area contributed by atoms with Crippen molar-refractivity contribution >= 4 is 17.9 Å². The Morgan fingerprint density at radius 1 is 0.425 bits per heavy atom. The molecule has 73 heavy (non-hydrogen) atoms. The lowest BCUT2D eigenvalue weighted by molar-refractivity contribution is -0.870. The molecule has 0 spiro atoms. The van der Waals surface area contributed by atoms with Gasteiger partial charge in [-0.2, -0.15) is 0 Å². The quantitative estimate of drug-likeness (QED) is 0.0195. The van der Waals surface area contributed by atoms with Gasteiger partial charge in [0.1, 0.15) is 13.2 Å². The maximum absolute atomic E-state index is 12.8. The van der Waals surface area contributed by atoms with Crippen molar-refractivity contribution in [3.8, 4) is 0 Å². The highest BCUT2D eigenvalue weighted by Crippen LogP contribution is 2.12. The number of hydrogen-bond donors (Lipinski definition) is 0. The summed E-state index contributed by atoms with van der Waals surface area (Å²) in [6.07, 6.45) is 73.6. The minimum Gasteiger partial charge on any atom is -0.545 e. The van der Waals surface area contributed by atoms with E-state index in [4.69, 9.17) is 18.9 Å². The van der Waals surface area contributed by atoms with E-state index in [1.807, 2.05) is 21.1 Å². The number of carboxylic acids is 1. The molecule has 0 amide bonds. The van der Waals surface area contributed by atoms with Crippen molar-refractivity contribution in [1.82, 2.24) is 0 Å². The number of nitrogens with zero attached hydrogens (tertiary/aromatic N) is 1. The Morgan fingerprint density at radius 3 is 1.21 bits per heavy atom. The van der Waals surface area contributed by atoms with E-state index >= 15 is 0 Å². The second-order valence-corrected chi connectivity index (χ2v) is 19.5. The van der Waals surface area contributed by atoms with Crippen molar-refractivity contribution in [2.45, 2.75) is 206 Å². The second kappa shape index (κ2) is 53.7. The molecule has 9 nitrogen and oxygen atoms in total. The van der Waals surface area contributed by atoms with Gasteiger partial charge >= 0.3 is 11.9 Å². The lowest BCUT2D eigenvalue weighted by atomic mass is 10.1. The summed E-state index contributed by atoms with van der Waals surface area (Å²) in [5.74, 6) is -2.37. The molecule has 0 aromatic heterocycles. The van der Waals surface area contributed by atoms with E-state index in [0.717, 1.165) is 109 Å². The van der Waals surface area contributed by atoms with Crippen molar-refractivity contribution in [1.29, 1.82) is 0 Å². The summed E-state index contributed by atoms with van der Waals surface area (Å²) in [4.78, 5) is 37.2. The SMILES string of the molecule is CC/C=C\C/C=C\C/C=C\C/C=C\C/C=C\C/C=C\C/C=C\C/C=C\C/C=C\C/C=C\CCCCC(=O)OC(COC(=O)CCCCCCC/C=C\CCCCCCCC)COC(OCC[N+](C)(C)C)C(=O)[O-]. The van der Waals surface area contributed by atoms with Gasteiger partial charge in [0.05, 0.1) is 40.3 Å². The highest BCUT2D eigenvalue weighted by molar-refractivity contribution is 5.70. The number of hydrogen-bond acceptors (Lipinski definition) is 8. The van der Waals surface area contributed by atoms with Crippen LogP contribution in [0.1, 0.15) is 194 Å². The number of quaternary nitrogens is 1. The molecular weight excluding hydrogens is 911 g/mol. The number of unbranched alkanes of at least 4 members (excludes halogenated alkanes) is 13. The molecule has 0 aromatic carbocycles. The molecule has 0 rings (SSSR count). The van der Waals surface area contributed by atoms with E-state index in [1.54, 1.807) is 0 Å². The summed E-state index contributed by atoms with van der Waals surface area (Å²) in [6, 6.07) is 0. The molecule has 0 aromatic rings. The Morgan fingerprint density at radius 2 is 0.781 bits per heavy atom. The van der Waals surface area contributed by atoms with Crippen LogP contribution in [0.25, 0.3) is 0 Å². The summed E-state index contributed by atoms with van der Waals surface area (Å²) < 4.78 is 22.6. The number of rotatable bonds is 50. The zero-order valence-electron chi connectivity index (χ0n) is 46.7. The van der Waals surface area contributed by atoms with Gasteiger partial charge in [-0.05, 0) is 116 Å². The molecule has 0 aliphatic heterocycles. The van der Waals surface area contributed by atoms with Crippen molar-refractivity contribution in [2.75, 3.05) is 47.5 Å². The van der Waals surface area contributed by atoms with Crippen LogP contribution in [0.5, 0.6) is 0 Å². The molecule has 0 fully saturated rings. The number of likely N-dealkylation sites (N-methyl/N-ethyl adjacent to an activating group) is 1. The molecule has 412 valence electrons. The van der Waals surface area contributed by atoms with Gasteiger partial charge in [0.2, 0.25) is 0 Å². The monoisotopic (exact) mass is 1010 g/mol. The van der Waals surface area contributed by atoms with Gasteiger partial charge in [0, 0.05) is 12.8 Å². The highest BCUT2D eigenvalue weighted by atomic mass is 16.7. The van der Waals surface area contributed by atoms with Crippen LogP contribution < -0.4 is 5.11 Å². The van der Waals surface area contributed by atoms with Gasteiger partial charge in [-0.1, -0.05) is 199 Å². The van der Waals surface area contributed by atoms with Crippen LogP contribution in [0.3, 0.4) is 0 Å². The summed E-state index contributed by atoms with van der Waals surface area (Å²) in [5, 5.41) is 11.8. The molecule has 0 N–H and O–H groups in total. The maximum Gasteiger partial charge on any atom is 0.306 e. The Hall–Kier alpha value is -4.57. The molecule has 9 heteroatoms. The van der Waals surface area contributed by atoms with Crippen LogP contribution in [0.2, 0.25) is 0 Å². The zero-order chi connectivity index (χ0) is 53.4. The fourth-order valence-electron chi connectivity index (χ4n) is 7.03. The maximum atomic E-state index is 12.8. The minimum absolute atomic E-state index is 0.130. The summed E-state index contributed by atoms with van der Waals surface area (Å²) in [5.41, 5.74) is 0. The topological polar surface area (TPSA) is 111 Å². The Kier molecular flexibility index (Phi) is 50.4. The normalized spacial score (nSPS) is 13.8. The standard InChI is InChI=1S/C64H103NO8/c1-6-8-10-12-14-16-18-20-22-23-24-25-26-27-28-29-30-31-32-33-34-35-36-37-38-39-41-43-45-47-49-51-53-55-62(67)73-60(59-72-64(63(68)69)70-57-56-65(3,4)5)58-71-61(66)54-52-50-48-46-44-42-40-21-19-17-15-13-11-9-7-2/h8,10,14,16,20-22,24-25,27-28,30-31,33-34,36-37,39-41,45,47,60,64H,6-7,9,11-13,15,17-19,23,26,29,32,35,38,42-44,46,48-59H2,1-5H3/b10-8-,16-14-,22-20-,25-24-,28-27-,31-30-,34-33-,37-36-,40-21-,41-39-,47-45-. The van der Waals surface area contributed by atoms with Crippen LogP contribution in [-0.4, -0.2) is 82.3 Å². The number of allylic oxidation sites excluding steroid dienone is 22. The first kappa shape index (κ1) is 68.4. The van der Waals surface area contributed by atoms with Crippen molar-refractivity contribution < 1.29 is 42.9 Å². The van der Waals surface area contributed by atoms with Gasteiger partial charge in [-0.25, -0.2) is 0 Å². The predicted octanol–water partition coefficient (Wildman–Crippen LogP) is 15.3. The number of ether oxygens (including phenoxy) is 4. The fourth-order valence-corrected chi connectivity index (χ4v) is 7.03. The van der Waals surface area contributed by atoms with Crippen molar-refractivity contribution in [3.05, 3.63) is 134 Å². The van der Waals surface area contributed by atoms with Gasteiger partial charge in [-0.15, -0.1) is 0 Å². The van der Waals surface area contributed by atoms with Crippen LogP contribution in [0.15, 0.2) is 134 Å². The lowest BCUT2D eigenvalue weighted by Crippen LogP contribution is -2.44. The first-order valence-electron chi connectivity index (χ1n) is 28.3. The lowest BCUT2D eigenvalue weighted by Gasteiger charge is -2.26. The summed E-state index contributed by atoms with van der Waals surface area (Å²) in [7, 11) is 5.89. The molecule has 0 bridgehead atoms. The average molecular weight is 1010 g/mol. The third-order valence-electron chi connectivity index (χ3n) is 11.4. The van der Waals surface area contributed by atoms with Crippen LogP contribution >= 0.6 is 0 Å². The Labute approximate surface area is 446 Å². The van der Waals surface area contributed by atoms with E-state index < -0.39 is 24.3 Å². The van der Waals surface area contributed by atoms with Gasteiger partial charge in [0.25, 0.3) is 0 Å². The van der Waals surface area contributed by atoms with Gasteiger partial charge < -0.3 is 33.3 Å². The van der Waals surface area contributed by atoms with Crippen molar-refractivity contribution in [3.63, 3.8) is 0 Å². The minimum atomic E-state index is -1.64. The molecule has 0 saturated carbocycles. The van der Waals surface area contributed by atoms with E-state index in [-0.39, 0.29) is 38.6 Å². The molecule has 0 aliphatic rings. The molecule has 0 aliphatic carbocycles. The van der Waals surface area contributed by atoms with Crippen LogP contribution in [0, 0.1) is 0 Å². The van der Waals surface area contributed by atoms with E-state index in [0.29, 0.717) is 23.9 Å². The Balaban J connectivity index is 4.38. The number of esters is 2. The highest BCUT2D eigenvalue weighted by Gasteiger charge is 2.21. The molecular formula is C64H103NO8. The summed E-state index contributed by atoms with van der Waals surface area (Å²) >= 11 is 0. The molecule has 0 heterocycles. The number of carbonyl (C=O) groups is 3. The largest absolute Gasteiger partial charge is 0.545 e. The van der Waals surface area contributed by atoms with E-state index in [2.05, 4.69) is 148 Å². The average Bonchev–Trinajstić information content (AvgIpc) is 3.36. The van der Waals surface area contributed by atoms with E-state index in [9.17, 15) is 19.5 Å². The van der Waals surface area contributed by atoms with Gasteiger partial charge in [0.15, 0.2) is 12.4 Å².